The smallest absolute Gasteiger partial charge is 0.161 e. The first-order valence-corrected chi connectivity index (χ1v) is 6.43. The zero-order valence-electron chi connectivity index (χ0n) is 11.1. The van der Waals surface area contributed by atoms with Crippen molar-refractivity contribution < 1.29 is 5.11 Å². The number of hydrogen-bond donors (Lipinski definition) is 2. The molecule has 0 aliphatic rings. The van der Waals surface area contributed by atoms with Crippen molar-refractivity contribution in [1.29, 1.82) is 0 Å². The van der Waals surface area contributed by atoms with Crippen LogP contribution in [0.4, 0.5) is 5.82 Å². The lowest BCUT2D eigenvalue weighted by Crippen LogP contribution is -2.31. The highest BCUT2D eigenvalue weighted by Crippen LogP contribution is 2.22. The molecule has 1 heterocycles. The minimum Gasteiger partial charge on any atom is -0.395 e. The lowest BCUT2D eigenvalue weighted by molar-refractivity contribution is 0.301. The Morgan fingerprint density at radius 2 is 2.00 bits per heavy atom. The first-order valence-electron chi connectivity index (χ1n) is 6.02. The molecule has 1 aromatic rings. The number of aryl methyl sites for hydroxylation is 1. The molecule has 0 spiro atoms. The van der Waals surface area contributed by atoms with Gasteiger partial charge in [-0.2, -0.15) is 5.10 Å². The Labute approximate surface area is 113 Å². The van der Waals surface area contributed by atoms with Gasteiger partial charge in [0.25, 0.3) is 0 Å². The third-order valence-corrected chi connectivity index (χ3v) is 3.05. The second-order valence-electron chi connectivity index (χ2n) is 4.18. The van der Waals surface area contributed by atoms with Crippen LogP contribution in [0.3, 0.4) is 0 Å². The molecule has 0 aliphatic carbocycles. The van der Waals surface area contributed by atoms with E-state index in [1.165, 1.54) is 0 Å². The maximum Gasteiger partial charge on any atom is 0.161 e. The summed E-state index contributed by atoms with van der Waals surface area (Å²) in [6.07, 6.45) is 0.950. The molecule has 0 unspecified atom stereocenters. The number of aliphatic hydroxyl groups excluding tert-OH is 1. The molecule has 0 radical (unpaired) electrons. The summed E-state index contributed by atoms with van der Waals surface area (Å²) in [5, 5.41) is 17.4. The molecule has 1 rings (SSSR count). The largest absolute Gasteiger partial charge is 0.395 e. The standard InChI is InChI=1S/C12H20N4OS/c1-4-5-16(6-7-17)12-10(11(13)18)8(2)9(3)14-15-12/h17H,4-7H2,1-3H3,(H2,13,18). The summed E-state index contributed by atoms with van der Waals surface area (Å²) in [6, 6.07) is 0. The molecular weight excluding hydrogens is 248 g/mol. The molecule has 0 bridgehead atoms. The van der Waals surface area contributed by atoms with E-state index in [2.05, 4.69) is 17.1 Å². The normalized spacial score (nSPS) is 10.4. The van der Waals surface area contributed by atoms with Gasteiger partial charge in [-0.3, -0.25) is 0 Å². The molecule has 0 fully saturated rings. The predicted octanol–water partition coefficient (Wildman–Crippen LogP) is 0.936. The predicted molar refractivity (Wildman–Crippen MR) is 77.0 cm³/mol. The van der Waals surface area contributed by atoms with Crippen molar-refractivity contribution in [2.24, 2.45) is 5.73 Å². The Morgan fingerprint density at radius 3 is 2.50 bits per heavy atom. The molecule has 0 amide bonds. The zero-order valence-corrected chi connectivity index (χ0v) is 11.9. The molecule has 18 heavy (non-hydrogen) atoms. The van der Waals surface area contributed by atoms with Gasteiger partial charge >= 0.3 is 0 Å². The van der Waals surface area contributed by atoms with Crippen LogP contribution in [0, 0.1) is 13.8 Å². The maximum absolute atomic E-state index is 9.12. The van der Waals surface area contributed by atoms with Gasteiger partial charge in [0.05, 0.1) is 17.9 Å². The number of aromatic nitrogens is 2. The Bertz CT molecular complexity index is 430. The molecule has 3 N–H and O–H groups in total. The molecule has 0 saturated heterocycles. The minimum atomic E-state index is 0.0609. The summed E-state index contributed by atoms with van der Waals surface area (Å²) in [7, 11) is 0. The lowest BCUT2D eigenvalue weighted by atomic mass is 10.1. The van der Waals surface area contributed by atoms with Crippen molar-refractivity contribution in [3.05, 3.63) is 16.8 Å². The second kappa shape index (κ2) is 6.61. The van der Waals surface area contributed by atoms with E-state index in [9.17, 15) is 0 Å². The van der Waals surface area contributed by atoms with Crippen LogP contribution >= 0.6 is 12.2 Å². The topological polar surface area (TPSA) is 75.3 Å². The summed E-state index contributed by atoms with van der Waals surface area (Å²) < 4.78 is 0. The number of nitrogens with zero attached hydrogens (tertiary/aromatic N) is 3. The Balaban J connectivity index is 3.28. The average molecular weight is 268 g/mol. The highest BCUT2D eigenvalue weighted by atomic mass is 32.1. The highest BCUT2D eigenvalue weighted by Gasteiger charge is 2.18. The number of rotatable bonds is 6. The summed E-state index contributed by atoms with van der Waals surface area (Å²) in [5.74, 6) is 0.668. The van der Waals surface area contributed by atoms with Crippen LogP contribution in [-0.2, 0) is 0 Å². The monoisotopic (exact) mass is 268 g/mol. The fourth-order valence-corrected chi connectivity index (χ4v) is 2.07. The van der Waals surface area contributed by atoms with E-state index in [-0.39, 0.29) is 6.61 Å². The SMILES string of the molecule is CCCN(CCO)c1nnc(C)c(C)c1C(N)=S. The number of aliphatic hydroxyl groups is 1. The molecule has 0 aliphatic heterocycles. The van der Waals surface area contributed by atoms with E-state index in [1.54, 1.807) is 0 Å². The van der Waals surface area contributed by atoms with Gasteiger partial charge in [0.1, 0.15) is 4.99 Å². The van der Waals surface area contributed by atoms with Crippen LogP contribution in [-0.4, -0.2) is 40.0 Å². The first kappa shape index (κ1) is 14.8. The molecule has 0 atom stereocenters. The van der Waals surface area contributed by atoms with E-state index in [0.717, 1.165) is 29.8 Å². The van der Waals surface area contributed by atoms with Crippen molar-refractivity contribution >= 4 is 23.0 Å². The highest BCUT2D eigenvalue weighted by molar-refractivity contribution is 7.80. The molecule has 6 heteroatoms. The first-order chi connectivity index (χ1) is 8.52. The maximum atomic E-state index is 9.12. The zero-order chi connectivity index (χ0) is 13.7. The number of nitrogens with two attached hydrogens (primary N) is 1. The van der Waals surface area contributed by atoms with Gasteiger partial charge in [0.15, 0.2) is 5.82 Å². The molecule has 0 aromatic carbocycles. The van der Waals surface area contributed by atoms with Crippen LogP contribution in [0.25, 0.3) is 0 Å². The molecular formula is C12H20N4OS. The van der Waals surface area contributed by atoms with E-state index in [1.807, 2.05) is 18.7 Å². The van der Waals surface area contributed by atoms with Gasteiger partial charge in [-0.15, -0.1) is 5.10 Å². The van der Waals surface area contributed by atoms with Crippen molar-refractivity contribution in [2.45, 2.75) is 27.2 Å². The summed E-state index contributed by atoms with van der Waals surface area (Å²) in [5.41, 5.74) is 8.32. The van der Waals surface area contributed by atoms with E-state index < -0.39 is 0 Å². The minimum absolute atomic E-state index is 0.0609. The number of hydrogen-bond acceptors (Lipinski definition) is 5. The van der Waals surface area contributed by atoms with Crippen molar-refractivity contribution in [1.82, 2.24) is 10.2 Å². The Kier molecular flexibility index (Phi) is 5.43. The van der Waals surface area contributed by atoms with Crippen LogP contribution < -0.4 is 10.6 Å². The van der Waals surface area contributed by atoms with Crippen molar-refractivity contribution in [2.75, 3.05) is 24.6 Å². The van der Waals surface area contributed by atoms with Crippen LogP contribution in [0.5, 0.6) is 0 Å². The molecule has 5 nitrogen and oxygen atoms in total. The van der Waals surface area contributed by atoms with Gasteiger partial charge in [-0.25, -0.2) is 0 Å². The van der Waals surface area contributed by atoms with Crippen molar-refractivity contribution in [3.63, 3.8) is 0 Å². The van der Waals surface area contributed by atoms with E-state index >= 15 is 0 Å². The van der Waals surface area contributed by atoms with E-state index in [4.69, 9.17) is 23.1 Å². The van der Waals surface area contributed by atoms with Crippen LogP contribution in [0.2, 0.25) is 0 Å². The summed E-state index contributed by atoms with van der Waals surface area (Å²) in [6.45, 7) is 7.23. The summed E-state index contributed by atoms with van der Waals surface area (Å²) in [4.78, 5) is 2.29. The quantitative estimate of drug-likeness (QED) is 0.748. The Hall–Kier alpha value is -1.27. The third kappa shape index (κ3) is 3.14. The third-order valence-electron chi connectivity index (χ3n) is 2.85. The Morgan fingerprint density at radius 1 is 1.33 bits per heavy atom. The van der Waals surface area contributed by atoms with Gasteiger partial charge in [-0.05, 0) is 25.8 Å². The van der Waals surface area contributed by atoms with E-state index in [0.29, 0.717) is 17.4 Å². The number of anilines is 1. The van der Waals surface area contributed by atoms with Crippen LogP contribution in [0.1, 0.15) is 30.2 Å². The van der Waals surface area contributed by atoms with Gasteiger partial charge in [0.2, 0.25) is 0 Å². The molecule has 100 valence electrons. The number of thiocarbonyl (C=S) groups is 1. The fraction of sp³-hybridized carbons (Fsp3) is 0.583. The second-order valence-corrected chi connectivity index (χ2v) is 4.62. The molecule has 0 saturated carbocycles. The van der Waals surface area contributed by atoms with Gasteiger partial charge in [0, 0.05) is 13.1 Å². The molecule has 1 aromatic heterocycles. The lowest BCUT2D eigenvalue weighted by Gasteiger charge is -2.25. The summed E-state index contributed by atoms with van der Waals surface area (Å²) >= 11 is 5.11. The van der Waals surface area contributed by atoms with Crippen molar-refractivity contribution in [3.8, 4) is 0 Å². The van der Waals surface area contributed by atoms with Gasteiger partial charge in [-0.1, -0.05) is 19.1 Å². The van der Waals surface area contributed by atoms with Crippen LogP contribution in [0.15, 0.2) is 0 Å². The average Bonchev–Trinajstić information content (AvgIpc) is 2.31. The van der Waals surface area contributed by atoms with Gasteiger partial charge < -0.3 is 15.7 Å². The fourth-order valence-electron chi connectivity index (χ4n) is 1.83.